The second-order valence-electron chi connectivity index (χ2n) is 10.3. The lowest BCUT2D eigenvalue weighted by molar-refractivity contribution is -0.136. The van der Waals surface area contributed by atoms with E-state index in [0.29, 0.717) is 30.6 Å². The van der Waals surface area contributed by atoms with Crippen molar-refractivity contribution in [2.45, 2.75) is 95.3 Å². The minimum Gasteiger partial charge on any atom is -0.381 e. The predicted octanol–water partition coefficient (Wildman–Crippen LogP) is 3.34. The van der Waals surface area contributed by atoms with Crippen molar-refractivity contribution in [1.82, 2.24) is 15.5 Å². The van der Waals surface area contributed by atoms with Gasteiger partial charge >= 0.3 is 0 Å². The highest BCUT2D eigenvalue weighted by Crippen LogP contribution is 2.31. The van der Waals surface area contributed by atoms with E-state index in [2.05, 4.69) is 22.0 Å². The molecule has 0 bridgehead atoms. The van der Waals surface area contributed by atoms with Crippen LogP contribution in [0.3, 0.4) is 0 Å². The van der Waals surface area contributed by atoms with E-state index in [4.69, 9.17) is 0 Å². The number of carbonyl (C=O) groups is 3. The molecule has 0 radical (unpaired) electrons. The molecule has 7 nitrogen and oxygen atoms in total. The third-order valence-electron chi connectivity index (χ3n) is 8.04. The van der Waals surface area contributed by atoms with Crippen LogP contribution in [0.15, 0.2) is 18.2 Å². The van der Waals surface area contributed by atoms with Gasteiger partial charge in [0.25, 0.3) is 5.91 Å². The minimum absolute atomic E-state index is 0.115. The molecule has 178 valence electrons. The molecule has 3 atom stereocenters. The molecule has 33 heavy (non-hydrogen) atoms. The van der Waals surface area contributed by atoms with Crippen LogP contribution < -0.4 is 16.0 Å². The van der Waals surface area contributed by atoms with Crippen molar-refractivity contribution in [3.63, 3.8) is 0 Å². The van der Waals surface area contributed by atoms with E-state index in [1.165, 1.54) is 51.4 Å². The maximum Gasteiger partial charge on any atom is 0.255 e. The molecule has 0 aromatic heterocycles. The van der Waals surface area contributed by atoms with Crippen LogP contribution in [-0.2, 0) is 16.1 Å². The smallest absolute Gasteiger partial charge is 0.255 e. The van der Waals surface area contributed by atoms with E-state index in [0.717, 1.165) is 30.1 Å². The molecule has 3 amide bonds. The largest absolute Gasteiger partial charge is 0.381 e. The zero-order chi connectivity index (χ0) is 22.8. The Bertz CT molecular complexity index is 911. The van der Waals surface area contributed by atoms with E-state index in [-0.39, 0.29) is 24.1 Å². The van der Waals surface area contributed by atoms with Crippen molar-refractivity contribution in [2.24, 2.45) is 5.92 Å². The summed E-state index contributed by atoms with van der Waals surface area (Å²) in [5, 5.41) is 10.0. The summed E-state index contributed by atoms with van der Waals surface area (Å²) < 4.78 is 0. The Kier molecular flexibility index (Phi) is 6.67. The van der Waals surface area contributed by atoms with Gasteiger partial charge in [0.05, 0.1) is 0 Å². The number of nitrogens with one attached hydrogen (secondary N) is 3. The average Bonchev–Trinajstić information content (AvgIpc) is 3.14. The van der Waals surface area contributed by atoms with Gasteiger partial charge in [0.15, 0.2) is 0 Å². The van der Waals surface area contributed by atoms with Crippen LogP contribution in [0.2, 0.25) is 0 Å². The molecule has 2 aliphatic carbocycles. The van der Waals surface area contributed by atoms with Crippen LogP contribution in [0.4, 0.5) is 5.69 Å². The Morgan fingerprint density at radius 3 is 2.45 bits per heavy atom. The fraction of sp³-hybridized carbons (Fsp3) is 0.654. The Morgan fingerprint density at radius 2 is 1.67 bits per heavy atom. The third-order valence-corrected chi connectivity index (χ3v) is 8.04. The molecule has 1 unspecified atom stereocenters. The summed E-state index contributed by atoms with van der Waals surface area (Å²) in [6.45, 7) is 1.55. The van der Waals surface area contributed by atoms with Gasteiger partial charge in [0, 0.05) is 36.3 Å². The highest BCUT2D eigenvalue weighted by molar-refractivity contribution is 6.05. The number of rotatable bonds is 6. The first-order valence-corrected chi connectivity index (χ1v) is 12.9. The Balaban J connectivity index is 1.22. The molecule has 2 heterocycles. The number of imide groups is 1. The molecule has 1 saturated heterocycles. The first-order valence-electron chi connectivity index (χ1n) is 12.9. The van der Waals surface area contributed by atoms with Crippen molar-refractivity contribution >= 4 is 23.4 Å². The van der Waals surface area contributed by atoms with Gasteiger partial charge in [-0.1, -0.05) is 32.1 Å². The lowest BCUT2D eigenvalue weighted by atomic mass is 9.87. The van der Waals surface area contributed by atoms with E-state index in [1.807, 2.05) is 12.1 Å². The van der Waals surface area contributed by atoms with E-state index in [1.54, 1.807) is 4.90 Å². The molecule has 0 spiro atoms. The first-order chi connectivity index (χ1) is 16.1. The number of benzene rings is 1. The Hall–Kier alpha value is -2.41. The summed E-state index contributed by atoms with van der Waals surface area (Å²) in [6, 6.07) is 6.27. The molecule has 1 aromatic carbocycles. The molecule has 3 N–H and O–H groups in total. The quantitative estimate of drug-likeness (QED) is 0.576. The van der Waals surface area contributed by atoms with E-state index >= 15 is 0 Å². The van der Waals surface area contributed by atoms with Crippen LogP contribution in [0.1, 0.15) is 86.6 Å². The highest BCUT2D eigenvalue weighted by Gasteiger charge is 2.39. The maximum atomic E-state index is 12.9. The molecular formula is C26H36N4O3. The fourth-order valence-corrected chi connectivity index (χ4v) is 6.14. The first kappa shape index (κ1) is 22.4. The van der Waals surface area contributed by atoms with Gasteiger partial charge in [-0.3, -0.25) is 19.7 Å². The van der Waals surface area contributed by atoms with Crippen LogP contribution >= 0.6 is 0 Å². The number of hydrogen-bond donors (Lipinski definition) is 3. The van der Waals surface area contributed by atoms with Crippen LogP contribution in [0, 0.1) is 5.92 Å². The molecule has 2 saturated carbocycles. The predicted molar refractivity (Wildman–Crippen MR) is 127 cm³/mol. The lowest BCUT2D eigenvalue weighted by Gasteiger charge is -2.35. The minimum atomic E-state index is -0.564. The van der Waals surface area contributed by atoms with Gasteiger partial charge in [0.1, 0.15) is 6.04 Å². The van der Waals surface area contributed by atoms with Crippen LogP contribution in [0.25, 0.3) is 0 Å². The standard InChI is InChI=1S/C26H36N4O3/c31-24-13-12-23(25(32)29-24)30-16-18-14-19(10-11-20(18)26(30)33)28-22-9-5-4-8-21(22)27-15-17-6-2-1-3-7-17/h10-11,14,17,21-23,27-28H,1-9,12-13,15-16H2,(H,29,31,32)/t21-,22-,23?/m1/s1. The second-order valence-corrected chi connectivity index (χ2v) is 10.3. The van der Waals surface area contributed by atoms with Crippen molar-refractivity contribution in [1.29, 1.82) is 0 Å². The van der Waals surface area contributed by atoms with Crippen molar-refractivity contribution < 1.29 is 14.4 Å². The van der Waals surface area contributed by atoms with Gasteiger partial charge in [-0.05, 0) is 68.3 Å². The molecule has 5 rings (SSSR count). The Labute approximate surface area is 196 Å². The van der Waals surface area contributed by atoms with E-state index in [9.17, 15) is 14.4 Å². The lowest BCUT2D eigenvalue weighted by Crippen LogP contribution is -2.52. The summed E-state index contributed by atoms with van der Waals surface area (Å²) in [7, 11) is 0. The Morgan fingerprint density at radius 1 is 0.909 bits per heavy atom. The monoisotopic (exact) mass is 452 g/mol. The molecule has 3 fully saturated rings. The highest BCUT2D eigenvalue weighted by atomic mass is 16.2. The second kappa shape index (κ2) is 9.84. The number of nitrogens with zero attached hydrogens (tertiary/aromatic N) is 1. The van der Waals surface area contributed by atoms with E-state index < -0.39 is 6.04 Å². The molecule has 7 heteroatoms. The topological polar surface area (TPSA) is 90.5 Å². The van der Waals surface area contributed by atoms with Crippen LogP contribution in [0.5, 0.6) is 0 Å². The van der Waals surface area contributed by atoms with Gasteiger partial charge in [0.2, 0.25) is 11.8 Å². The summed E-state index contributed by atoms with van der Waals surface area (Å²) in [4.78, 5) is 38.3. The van der Waals surface area contributed by atoms with Crippen molar-refractivity contribution in [3.05, 3.63) is 29.3 Å². The maximum absolute atomic E-state index is 12.9. The normalized spacial score (nSPS) is 28.5. The average molecular weight is 453 g/mol. The molecular weight excluding hydrogens is 416 g/mol. The van der Waals surface area contributed by atoms with Gasteiger partial charge < -0.3 is 15.5 Å². The molecule has 1 aromatic rings. The zero-order valence-electron chi connectivity index (χ0n) is 19.4. The number of fused-ring (bicyclic) bond motifs is 1. The number of anilines is 1. The number of carbonyl (C=O) groups excluding carboxylic acids is 3. The fourth-order valence-electron chi connectivity index (χ4n) is 6.14. The number of amides is 3. The van der Waals surface area contributed by atoms with Gasteiger partial charge in [-0.25, -0.2) is 0 Å². The van der Waals surface area contributed by atoms with Crippen molar-refractivity contribution in [3.8, 4) is 0 Å². The summed E-state index contributed by atoms with van der Waals surface area (Å²) in [5.74, 6) is 0.0900. The third kappa shape index (κ3) is 4.93. The summed E-state index contributed by atoms with van der Waals surface area (Å²) in [6.07, 6.45) is 12.4. The zero-order valence-corrected chi connectivity index (χ0v) is 19.4. The van der Waals surface area contributed by atoms with Gasteiger partial charge in [-0.2, -0.15) is 0 Å². The summed E-state index contributed by atoms with van der Waals surface area (Å²) in [5.41, 5.74) is 2.67. The van der Waals surface area contributed by atoms with Crippen LogP contribution in [-0.4, -0.2) is 47.3 Å². The van der Waals surface area contributed by atoms with Gasteiger partial charge in [-0.15, -0.1) is 0 Å². The van der Waals surface area contributed by atoms with Crippen molar-refractivity contribution in [2.75, 3.05) is 11.9 Å². The SMILES string of the molecule is O=C1CCC(N2Cc3cc(N[C@@H]4CCCC[C@H]4NCC4CCCCC4)ccc3C2=O)C(=O)N1. The molecule has 4 aliphatic rings. The summed E-state index contributed by atoms with van der Waals surface area (Å²) >= 11 is 0. The molecule has 2 aliphatic heterocycles. The number of hydrogen-bond acceptors (Lipinski definition) is 5. The number of piperidine rings is 1.